The molecule has 0 aliphatic carbocycles. The topological polar surface area (TPSA) is 48.5 Å². The van der Waals surface area contributed by atoms with Gasteiger partial charge in [0.2, 0.25) is 0 Å². The highest BCUT2D eigenvalue weighted by Crippen LogP contribution is 2.37. The van der Waals surface area contributed by atoms with Crippen LogP contribution in [0.2, 0.25) is 0 Å². The third kappa shape index (κ3) is 10.7. The largest absolute Gasteiger partial charge is 0.416 e. The van der Waals surface area contributed by atoms with E-state index in [1.165, 1.54) is 4.90 Å². The van der Waals surface area contributed by atoms with Crippen molar-refractivity contribution in [3.63, 3.8) is 0 Å². The minimum atomic E-state index is -5.04. The van der Waals surface area contributed by atoms with E-state index in [9.17, 15) is 31.1 Å². The van der Waals surface area contributed by atoms with E-state index >= 15 is 0 Å². The summed E-state index contributed by atoms with van der Waals surface area (Å²) >= 11 is 0. The van der Waals surface area contributed by atoms with Gasteiger partial charge in [0.25, 0.3) is 5.91 Å². The molecule has 1 saturated heterocycles. The molecular weight excluding hydrogens is 689 g/mol. The van der Waals surface area contributed by atoms with Crippen LogP contribution in [0.5, 0.6) is 0 Å². The highest BCUT2D eigenvalue weighted by atomic mass is 35.5. The second kappa shape index (κ2) is 17.3. The molecule has 1 amide bonds. The first-order valence-corrected chi connectivity index (χ1v) is 14.4. The normalized spacial score (nSPS) is 15.4. The standard InChI is InChI=1S/C33H32F6N4O.3ClH/c34-32(35,36)28-17-27(18-29(19-28)33(37,38)39)31(44)43-14-13-42(12-4-11-41-21-24-5-3-10-40-20-24)22-30(43)16-23-8-9-25-6-1-2-7-26(25)15-23;;;/h1-3,5-10,15,17-20,30,41H,4,11-14,16,21-22H2;3*1H. The quantitative estimate of drug-likeness (QED) is 0.140. The molecule has 1 N–H and O–H groups in total. The van der Waals surface area contributed by atoms with Crippen LogP contribution in [0.25, 0.3) is 10.8 Å². The summed E-state index contributed by atoms with van der Waals surface area (Å²) in [5.41, 5.74) is -1.63. The molecule has 1 atom stereocenters. The maximum Gasteiger partial charge on any atom is 0.416 e. The Morgan fingerprint density at radius 3 is 2.13 bits per heavy atom. The molecule has 3 aromatic carbocycles. The fourth-order valence-corrected chi connectivity index (χ4v) is 5.61. The molecule has 0 bridgehead atoms. The Morgan fingerprint density at radius 2 is 1.49 bits per heavy atom. The number of alkyl halides is 6. The first-order chi connectivity index (χ1) is 21.0. The molecule has 5 rings (SSSR count). The minimum Gasteiger partial charge on any atom is -0.333 e. The Hall–Kier alpha value is -3.09. The van der Waals surface area contributed by atoms with E-state index < -0.39 is 41.0 Å². The Kier molecular flexibility index (Phi) is 14.8. The lowest BCUT2D eigenvalue weighted by Crippen LogP contribution is -2.56. The van der Waals surface area contributed by atoms with Crippen molar-refractivity contribution in [3.05, 3.63) is 113 Å². The van der Waals surface area contributed by atoms with Crippen LogP contribution in [0.15, 0.2) is 85.2 Å². The molecule has 1 fully saturated rings. The van der Waals surface area contributed by atoms with E-state index in [-0.39, 0.29) is 49.8 Å². The average molecular weight is 724 g/mol. The second-order valence-electron chi connectivity index (χ2n) is 11.0. The van der Waals surface area contributed by atoms with Crippen molar-refractivity contribution < 1.29 is 31.1 Å². The molecule has 2 heterocycles. The SMILES string of the molecule is Cl.Cl.Cl.O=C(c1cc(C(F)(F)F)cc(C(F)(F)F)c1)N1CCN(CCCNCc2cccnc2)CC1Cc1ccc2ccccc2c1. The molecule has 4 aromatic rings. The number of hydrogen-bond donors (Lipinski definition) is 1. The zero-order valence-corrected chi connectivity index (χ0v) is 27.5. The van der Waals surface area contributed by atoms with Crippen LogP contribution in [0.1, 0.15) is 39.0 Å². The summed E-state index contributed by atoms with van der Waals surface area (Å²) < 4.78 is 81.3. The number of amides is 1. The van der Waals surface area contributed by atoms with Gasteiger partial charge in [0.15, 0.2) is 0 Å². The molecule has 1 aromatic heterocycles. The van der Waals surface area contributed by atoms with Gasteiger partial charge >= 0.3 is 12.4 Å². The number of nitrogens with zero attached hydrogens (tertiary/aromatic N) is 3. The van der Waals surface area contributed by atoms with E-state index in [4.69, 9.17) is 0 Å². The van der Waals surface area contributed by atoms with Crippen molar-refractivity contribution in [1.29, 1.82) is 0 Å². The Balaban J connectivity index is 0.00000256. The van der Waals surface area contributed by atoms with Crippen LogP contribution in [0.4, 0.5) is 26.3 Å². The third-order valence-corrected chi connectivity index (χ3v) is 7.83. The molecule has 5 nitrogen and oxygen atoms in total. The lowest BCUT2D eigenvalue weighted by molar-refractivity contribution is -0.143. The summed E-state index contributed by atoms with van der Waals surface area (Å²) in [6.45, 7) is 3.21. The summed E-state index contributed by atoms with van der Waals surface area (Å²) in [6.07, 6.45) is -5.35. The summed E-state index contributed by atoms with van der Waals surface area (Å²) in [5, 5.41) is 5.42. The molecule has 1 unspecified atom stereocenters. The van der Waals surface area contributed by atoms with E-state index in [0.29, 0.717) is 38.2 Å². The van der Waals surface area contributed by atoms with Crippen LogP contribution in [-0.2, 0) is 25.3 Å². The average Bonchev–Trinajstić information content (AvgIpc) is 3.00. The maximum absolute atomic E-state index is 13.7. The lowest BCUT2D eigenvalue weighted by atomic mass is 9.97. The number of piperazine rings is 1. The van der Waals surface area contributed by atoms with E-state index in [0.717, 1.165) is 41.4 Å². The van der Waals surface area contributed by atoms with Gasteiger partial charge in [-0.05, 0) is 72.1 Å². The van der Waals surface area contributed by atoms with Crippen molar-refractivity contribution in [3.8, 4) is 0 Å². The zero-order chi connectivity index (χ0) is 31.3. The van der Waals surface area contributed by atoms with Gasteiger partial charge in [-0.25, -0.2) is 0 Å². The van der Waals surface area contributed by atoms with Crippen molar-refractivity contribution in [2.75, 3.05) is 32.7 Å². The highest BCUT2D eigenvalue weighted by molar-refractivity contribution is 5.95. The van der Waals surface area contributed by atoms with Crippen molar-refractivity contribution in [2.24, 2.45) is 0 Å². The summed E-state index contributed by atoms with van der Waals surface area (Å²) in [7, 11) is 0. The number of carbonyl (C=O) groups excluding carboxylic acids is 1. The fraction of sp³-hybridized carbons (Fsp3) is 0.333. The number of fused-ring (bicyclic) bond motifs is 1. The Labute approximate surface area is 288 Å². The summed E-state index contributed by atoms with van der Waals surface area (Å²) in [5.74, 6) is -0.842. The Bertz CT molecular complexity index is 1560. The van der Waals surface area contributed by atoms with Crippen LogP contribution in [0.3, 0.4) is 0 Å². The predicted octanol–water partition coefficient (Wildman–Crippen LogP) is 8.09. The number of pyridine rings is 1. The number of rotatable bonds is 9. The van der Waals surface area contributed by atoms with Gasteiger partial charge in [0.05, 0.1) is 11.1 Å². The number of benzene rings is 3. The van der Waals surface area contributed by atoms with E-state index in [1.807, 2.05) is 54.6 Å². The smallest absolute Gasteiger partial charge is 0.333 e. The number of carbonyl (C=O) groups is 1. The third-order valence-electron chi connectivity index (χ3n) is 7.83. The zero-order valence-electron chi connectivity index (χ0n) is 25.1. The Morgan fingerprint density at radius 1 is 0.809 bits per heavy atom. The van der Waals surface area contributed by atoms with Crippen molar-refractivity contribution >= 4 is 53.9 Å². The van der Waals surface area contributed by atoms with Crippen LogP contribution < -0.4 is 5.32 Å². The van der Waals surface area contributed by atoms with Gasteiger partial charge in [-0.1, -0.05) is 48.5 Å². The molecule has 1 aliphatic rings. The van der Waals surface area contributed by atoms with Crippen LogP contribution in [0, 0.1) is 0 Å². The van der Waals surface area contributed by atoms with Gasteiger partial charge in [-0.2, -0.15) is 26.3 Å². The first-order valence-electron chi connectivity index (χ1n) is 14.4. The second-order valence-corrected chi connectivity index (χ2v) is 11.0. The maximum atomic E-state index is 13.7. The number of aromatic nitrogens is 1. The lowest BCUT2D eigenvalue weighted by Gasteiger charge is -2.42. The molecule has 256 valence electrons. The van der Waals surface area contributed by atoms with Crippen LogP contribution >= 0.6 is 37.2 Å². The van der Waals surface area contributed by atoms with Crippen molar-refractivity contribution in [2.45, 2.75) is 37.8 Å². The number of hydrogen-bond acceptors (Lipinski definition) is 4. The fourth-order valence-electron chi connectivity index (χ4n) is 5.61. The van der Waals surface area contributed by atoms with E-state index in [1.54, 1.807) is 12.4 Å². The minimum absolute atomic E-state index is 0. The molecule has 14 heteroatoms. The molecule has 47 heavy (non-hydrogen) atoms. The molecule has 0 radical (unpaired) electrons. The summed E-state index contributed by atoms with van der Waals surface area (Å²) in [6, 6.07) is 18.2. The van der Waals surface area contributed by atoms with Gasteiger partial charge in [0, 0.05) is 50.2 Å². The molecular formula is C33H35Cl3F6N4O. The monoisotopic (exact) mass is 722 g/mol. The highest BCUT2D eigenvalue weighted by Gasteiger charge is 2.39. The molecule has 0 saturated carbocycles. The van der Waals surface area contributed by atoms with E-state index in [2.05, 4.69) is 15.2 Å². The van der Waals surface area contributed by atoms with Crippen molar-refractivity contribution in [1.82, 2.24) is 20.1 Å². The van der Waals surface area contributed by atoms with Gasteiger partial charge < -0.3 is 10.2 Å². The van der Waals surface area contributed by atoms with Crippen LogP contribution in [-0.4, -0.2) is 59.5 Å². The first kappa shape index (κ1) is 40.1. The summed E-state index contributed by atoms with van der Waals surface area (Å²) in [4.78, 5) is 21.4. The number of halogens is 9. The molecule has 1 aliphatic heterocycles. The van der Waals surface area contributed by atoms with Gasteiger partial charge in [0.1, 0.15) is 0 Å². The number of nitrogens with one attached hydrogen (secondary N) is 1. The van der Waals surface area contributed by atoms with Gasteiger partial charge in [-0.3, -0.25) is 14.7 Å². The van der Waals surface area contributed by atoms with Gasteiger partial charge in [-0.15, -0.1) is 37.2 Å². The predicted molar refractivity (Wildman–Crippen MR) is 178 cm³/mol. The molecule has 0 spiro atoms.